The van der Waals surface area contributed by atoms with Crippen LogP contribution < -0.4 is 26.6 Å². The molecule has 6 nitrogen and oxygen atoms in total. The van der Waals surface area contributed by atoms with Gasteiger partial charge in [-0.05, 0) is 92.9 Å². The monoisotopic (exact) mass is 778 g/mol. The molecule has 0 spiro atoms. The number of hydrogen-bond donors (Lipinski definition) is 4. The van der Waals surface area contributed by atoms with E-state index in [1.54, 1.807) is 0 Å². The third-order valence-electron chi connectivity index (χ3n) is 11.7. The summed E-state index contributed by atoms with van der Waals surface area (Å²) in [4.78, 5) is 7.62. The summed E-state index contributed by atoms with van der Waals surface area (Å²) < 4.78 is 0. The van der Waals surface area contributed by atoms with E-state index in [1.165, 1.54) is 50.4 Å². The highest BCUT2D eigenvalue weighted by Crippen LogP contribution is 2.44. The molecule has 0 aliphatic carbocycles. The highest BCUT2D eigenvalue weighted by atomic mass is 15.3. The van der Waals surface area contributed by atoms with E-state index >= 15 is 0 Å². The average molecular weight is 779 g/mol. The van der Waals surface area contributed by atoms with Crippen LogP contribution in [0.2, 0.25) is 0 Å². The van der Waals surface area contributed by atoms with Crippen LogP contribution in [0.5, 0.6) is 0 Å². The van der Waals surface area contributed by atoms with Crippen LogP contribution in [0.15, 0.2) is 205 Å². The van der Waals surface area contributed by atoms with Crippen LogP contribution in [0, 0.1) is 0 Å². The lowest BCUT2D eigenvalue weighted by Crippen LogP contribution is -2.44. The quantitative estimate of drug-likeness (QED) is 0.110. The van der Waals surface area contributed by atoms with Crippen molar-refractivity contribution in [1.29, 1.82) is 0 Å². The van der Waals surface area contributed by atoms with E-state index in [-0.39, 0.29) is 18.5 Å². The van der Waals surface area contributed by atoms with Crippen LogP contribution in [0.25, 0.3) is 44.5 Å². The van der Waals surface area contributed by atoms with Crippen molar-refractivity contribution >= 4 is 28.6 Å². The summed E-state index contributed by atoms with van der Waals surface area (Å²) in [5, 5.41) is 11.2. The Morgan fingerprint density at radius 2 is 1.03 bits per heavy atom. The van der Waals surface area contributed by atoms with Gasteiger partial charge in [0, 0.05) is 16.8 Å². The number of hydrogen-bond acceptors (Lipinski definition) is 6. The zero-order valence-corrected chi connectivity index (χ0v) is 33.5. The number of benzene rings is 8. The number of para-hydroxylation sites is 3. The molecule has 0 bridgehead atoms. The Hall–Kier alpha value is -7.41. The van der Waals surface area contributed by atoms with E-state index in [2.05, 4.69) is 210 Å². The molecule has 292 valence electrons. The first-order valence-corrected chi connectivity index (χ1v) is 20.7. The molecule has 0 saturated heterocycles. The normalized spacial score (nSPS) is 17.0. The van der Waals surface area contributed by atoms with Gasteiger partial charge in [0.15, 0.2) is 0 Å². The lowest BCUT2D eigenvalue weighted by atomic mass is 9.96. The number of aliphatic imine (C=N–C) groups is 1. The van der Waals surface area contributed by atoms with E-state index in [0.717, 1.165) is 45.8 Å². The lowest BCUT2D eigenvalue weighted by Gasteiger charge is -2.32. The van der Waals surface area contributed by atoms with Crippen LogP contribution >= 0.6 is 0 Å². The molecule has 2 heterocycles. The van der Waals surface area contributed by atoms with Gasteiger partial charge in [0.1, 0.15) is 24.3 Å². The molecule has 60 heavy (non-hydrogen) atoms. The number of fused-ring (bicyclic) bond motifs is 1. The Labute approximate surface area is 352 Å². The van der Waals surface area contributed by atoms with Gasteiger partial charge in [-0.15, -0.1) is 0 Å². The second-order valence-corrected chi connectivity index (χ2v) is 15.5. The maximum Gasteiger partial charge on any atom is 0.131 e. The summed E-state index contributed by atoms with van der Waals surface area (Å²) in [6.45, 7) is 2.23. The van der Waals surface area contributed by atoms with Crippen molar-refractivity contribution in [3.8, 4) is 44.5 Å². The molecule has 2 aliphatic rings. The fourth-order valence-corrected chi connectivity index (χ4v) is 8.50. The first kappa shape index (κ1) is 36.9. The Bertz CT molecular complexity index is 2780. The topological polar surface area (TPSA) is 77.7 Å². The molecule has 8 aromatic rings. The summed E-state index contributed by atoms with van der Waals surface area (Å²) >= 11 is 0. The standard InChI is InChI=1S/C54H46N6/c1-2-51-56-48-16-7-9-18-50(48)60(51)49-17-8-6-15-47(49)41-27-23-38(24-28-41)36-19-21-37(22-20-36)39-25-29-43(30-26-39)53-57-52(42-11-4-3-5-12-42)58-54(59-53)45-14-10-13-44(35-45)40-31-33-46(55)34-32-40/h3-35,51-53,56-57H,2,55H2,1H3,(H,58,59). The van der Waals surface area contributed by atoms with Gasteiger partial charge < -0.3 is 21.3 Å². The summed E-state index contributed by atoms with van der Waals surface area (Å²) in [7, 11) is 0. The van der Waals surface area contributed by atoms with Crippen molar-refractivity contribution in [2.45, 2.75) is 31.8 Å². The van der Waals surface area contributed by atoms with Gasteiger partial charge in [-0.1, -0.05) is 171 Å². The fraction of sp³-hybridized carbons (Fsp3) is 0.0926. The predicted molar refractivity (Wildman–Crippen MR) is 250 cm³/mol. The van der Waals surface area contributed by atoms with Gasteiger partial charge >= 0.3 is 0 Å². The van der Waals surface area contributed by atoms with E-state index in [0.29, 0.717) is 0 Å². The van der Waals surface area contributed by atoms with Crippen molar-refractivity contribution in [2.75, 3.05) is 16.0 Å². The minimum absolute atomic E-state index is 0.148. The second kappa shape index (κ2) is 16.1. The first-order chi connectivity index (χ1) is 29.6. The third-order valence-corrected chi connectivity index (χ3v) is 11.7. The first-order valence-electron chi connectivity index (χ1n) is 20.7. The van der Waals surface area contributed by atoms with E-state index in [4.69, 9.17) is 10.7 Å². The zero-order chi connectivity index (χ0) is 40.4. The molecule has 3 unspecified atom stereocenters. The van der Waals surface area contributed by atoms with Gasteiger partial charge in [-0.2, -0.15) is 0 Å². The molecule has 5 N–H and O–H groups in total. The maximum absolute atomic E-state index is 5.98. The number of nitrogens with zero attached hydrogens (tertiary/aromatic N) is 2. The summed E-state index contributed by atoms with van der Waals surface area (Å²) in [5.74, 6) is 0.849. The predicted octanol–water partition coefficient (Wildman–Crippen LogP) is 12.6. The molecule has 0 radical (unpaired) electrons. The Kier molecular flexibility index (Phi) is 9.89. The molecular weight excluding hydrogens is 733 g/mol. The van der Waals surface area contributed by atoms with Crippen LogP contribution in [0.1, 0.15) is 42.4 Å². The van der Waals surface area contributed by atoms with Crippen molar-refractivity contribution in [3.63, 3.8) is 0 Å². The van der Waals surface area contributed by atoms with Gasteiger partial charge in [0.05, 0.1) is 17.1 Å². The Morgan fingerprint density at radius 1 is 0.483 bits per heavy atom. The number of nitrogens with two attached hydrogens (primary N) is 1. The molecule has 0 amide bonds. The van der Waals surface area contributed by atoms with E-state index in [9.17, 15) is 0 Å². The summed E-state index contributed by atoms with van der Waals surface area (Å²) in [5.41, 5.74) is 23.0. The molecule has 6 heteroatoms. The van der Waals surface area contributed by atoms with Crippen LogP contribution in [0.3, 0.4) is 0 Å². The van der Waals surface area contributed by atoms with Crippen molar-refractivity contribution in [1.82, 2.24) is 10.6 Å². The molecule has 0 saturated carbocycles. The summed E-state index contributed by atoms with van der Waals surface area (Å²) in [6.07, 6.45) is 0.843. The molecule has 10 rings (SSSR count). The maximum atomic E-state index is 5.98. The van der Waals surface area contributed by atoms with Crippen LogP contribution in [-0.4, -0.2) is 12.0 Å². The molecule has 0 aromatic heterocycles. The van der Waals surface area contributed by atoms with Crippen molar-refractivity contribution < 1.29 is 0 Å². The lowest BCUT2D eigenvalue weighted by molar-refractivity contribution is 0.409. The molecule has 3 atom stereocenters. The minimum Gasteiger partial charge on any atom is -0.399 e. The minimum atomic E-state index is -0.211. The number of amidine groups is 1. The highest BCUT2D eigenvalue weighted by Gasteiger charge is 2.30. The largest absolute Gasteiger partial charge is 0.399 e. The molecule has 2 aliphatic heterocycles. The van der Waals surface area contributed by atoms with E-state index in [1.807, 2.05) is 18.2 Å². The van der Waals surface area contributed by atoms with Gasteiger partial charge in [0.25, 0.3) is 0 Å². The molecular formula is C54H46N6. The fourth-order valence-electron chi connectivity index (χ4n) is 8.50. The SMILES string of the molecule is CCC1Nc2ccccc2N1c1ccccc1-c1ccc(-c2ccc(-c3ccc(C4NC(c5cccc(-c6ccc(N)cc6)c5)=NC(c5ccccc5)N4)cc3)cc2)cc1. The van der Waals surface area contributed by atoms with Crippen molar-refractivity contribution in [3.05, 3.63) is 217 Å². The van der Waals surface area contributed by atoms with Crippen LogP contribution in [0.4, 0.5) is 22.7 Å². The Balaban J connectivity index is 0.868. The Morgan fingerprint density at radius 3 is 1.72 bits per heavy atom. The number of nitrogen functional groups attached to an aromatic ring is 1. The second-order valence-electron chi connectivity index (χ2n) is 15.5. The summed E-state index contributed by atoms with van der Waals surface area (Å²) in [6, 6.07) is 71.0. The van der Waals surface area contributed by atoms with Crippen molar-refractivity contribution in [2.24, 2.45) is 4.99 Å². The number of anilines is 4. The molecule has 8 aromatic carbocycles. The average Bonchev–Trinajstić information content (AvgIpc) is 3.71. The van der Waals surface area contributed by atoms with E-state index < -0.39 is 0 Å². The van der Waals surface area contributed by atoms with Gasteiger partial charge in [0.2, 0.25) is 0 Å². The highest BCUT2D eigenvalue weighted by molar-refractivity contribution is 6.00. The number of rotatable bonds is 9. The van der Waals surface area contributed by atoms with Crippen LogP contribution in [-0.2, 0) is 0 Å². The number of nitrogens with one attached hydrogen (secondary N) is 3. The van der Waals surface area contributed by atoms with Gasteiger partial charge in [-0.25, -0.2) is 4.99 Å². The molecule has 0 fully saturated rings. The zero-order valence-electron chi connectivity index (χ0n) is 33.5. The van der Waals surface area contributed by atoms with Gasteiger partial charge in [-0.3, -0.25) is 5.32 Å². The third kappa shape index (κ3) is 7.30. The smallest absolute Gasteiger partial charge is 0.131 e.